The zero-order chi connectivity index (χ0) is 15.9. The molecule has 22 heavy (non-hydrogen) atoms. The first kappa shape index (κ1) is 14.7. The number of imidazole rings is 1. The number of rotatable bonds is 2. The molecule has 3 rings (SSSR count). The second kappa shape index (κ2) is 5.51. The summed E-state index contributed by atoms with van der Waals surface area (Å²) in [6, 6.07) is 10.8. The number of nitrogens with two attached hydrogens (primary N) is 1. The number of amidine groups is 1. The topological polar surface area (TPSA) is 76.4 Å². The van der Waals surface area contributed by atoms with E-state index >= 15 is 0 Å². The third kappa shape index (κ3) is 2.38. The number of aromatic nitrogens is 2. The highest BCUT2D eigenvalue weighted by Gasteiger charge is 2.16. The molecule has 1 heterocycles. The van der Waals surface area contributed by atoms with Crippen LogP contribution in [0.1, 0.15) is 11.1 Å². The molecule has 0 amide bonds. The maximum Gasteiger partial charge on any atom is 0.266 e. The fourth-order valence-electron chi connectivity index (χ4n) is 2.07. The van der Waals surface area contributed by atoms with Crippen LogP contribution in [0.2, 0.25) is 10.0 Å². The van der Waals surface area contributed by atoms with Crippen molar-refractivity contribution in [3.8, 4) is 0 Å². The van der Waals surface area contributed by atoms with Crippen LogP contribution in [0.3, 0.4) is 0 Å². The summed E-state index contributed by atoms with van der Waals surface area (Å²) in [5, 5.41) is 11.0. The second-order valence-corrected chi connectivity index (χ2v) is 5.54. The number of benzene rings is 2. The van der Waals surface area contributed by atoms with Crippen LogP contribution in [0, 0.1) is 6.92 Å². The molecule has 0 spiro atoms. The largest absolute Gasteiger partial charge is 0.425 e. The molecule has 0 aliphatic heterocycles. The van der Waals surface area contributed by atoms with Crippen LogP contribution in [0.5, 0.6) is 0 Å². The van der Waals surface area contributed by atoms with Gasteiger partial charge in [0.05, 0.1) is 5.02 Å². The lowest BCUT2D eigenvalue weighted by molar-refractivity contribution is 0.203. The van der Waals surface area contributed by atoms with E-state index in [0.29, 0.717) is 26.6 Å². The summed E-state index contributed by atoms with van der Waals surface area (Å²) in [5.74, 6) is 0.282. The van der Waals surface area contributed by atoms with Crippen LogP contribution in [0.4, 0.5) is 5.95 Å². The quantitative estimate of drug-likeness (QED) is 0.423. The van der Waals surface area contributed by atoms with Crippen LogP contribution in [-0.2, 0) is 0 Å². The van der Waals surface area contributed by atoms with Gasteiger partial charge in [-0.05, 0) is 18.6 Å². The first-order valence-electron chi connectivity index (χ1n) is 6.45. The van der Waals surface area contributed by atoms with Gasteiger partial charge in [-0.1, -0.05) is 53.5 Å². The first-order chi connectivity index (χ1) is 10.5. The van der Waals surface area contributed by atoms with Crippen molar-refractivity contribution in [1.82, 2.24) is 9.71 Å². The van der Waals surface area contributed by atoms with Crippen LogP contribution in [-0.4, -0.2) is 20.8 Å². The maximum atomic E-state index is 10.2. The van der Waals surface area contributed by atoms with Crippen molar-refractivity contribution < 1.29 is 5.21 Å². The molecule has 0 saturated heterocycles. The van der Waals surface area contributed by atoms with Gasteiger partial charge in [0.1, 0.15) is 16.9 Å². The SMILES string of the molecule is Cc1c(Cl)cc2c(nc(/N=C(\N)c3ccccc3)n2O)c1Cl. The lowest BCUT2D eigenvalue weighted by Gasteiger charge is -2.02. The van der Waals surface area contributed by atoms with Crippen molar-refractivity contribution in [3.63, 3.8) is 0 Å². The van der Waals surface area contributed by atoms with E-state index in [-0.39, 0.29) is 11.8 Å². The summed E-state index contributed by atoms with van der Waals surface area (Å²) in [6.07, 6.45) is 0. The fourth-order valence-corrected chi connectivity index (χ4v) is 2.56. The Bertz CT molecular complexity index is 888. The van der Waals surface area contributed by atoms with Crippen molar-refractivity contribution in [2.24, 2.45) is 10.7 Å². The molecule has 0 radical (unpaired) electrons. The Morgan fingerprint density at radius 1 is 1.27 bits per heavy atom. The van der Waals surface area contributed by atoms with Gasteiger partial charge in [0.2, 0.25) is 0 Å². The molecule has 2 aromatic carbocycles. The van der Waals surface area contributed by atoms with E-state index in [1.807, 2.05) is 30.3 Å². The molecule has 7 heteroatoms. The number of fused-ring (bicyclic) bond motifs is 1. The fraction of sp³-hybridized carbons (Fsp3) is 0.0667. The molecule has 0 atom stereocenters. The molecule has 0 fully saturated rings. The van der Waals surface area contributed by atoms with E-state index in [2.05, 4.69) is 9.98 Å². The molecule has 0 aliphatic rings. The highest BCUT2D eigenvalue weighted by atomic mass is 35.5. The van der Waals surface area contributed by atoms with Gasteiger partial charge in [-0.25, -0.2) is 4.98 Å². The average molecular weight is 335 g/mol. The minimum Gasteiger partial charge on any atom is -0.425 e. The highest BCUT2D eigenvalue weighted by molar-refractivity contribution is 6.39. The Balaban J connectivity index is 2.17. The van der Waals surface area contributed by atoms with E-state index in [4.69, 9.17) is 28.9 Å². The molecule has 0 saturated carbocycles. The molecule has 0 aliphatic carbocycles. The van der Waals surface area contributed by atoms with Gasteiger partial charge >= 0.3 is 0 Å². The predicted molar refractivity (Wildman–Crippen MR) is 88.5 cm³/mol. The minimum atomic E-state index is 0.0416. The summed E-state index contributed by atoms with van der Waals surface area (Å²) in [7, 11) is 0. The zero-order valence-corrected chi connectivity index (χ0v) is 13.1. The second-order valence-electron chi connectivity index (χ2n) is 4.75. The van der Waals surface area contributed by atoms with Crippen molar-refractivity contribution in [3.05, 3.63) is 57.6 Å². The lowest BCUT2D eigenvalue weighted by Crippen LogP contribution is -2.13. The number of hydrogen-bond acceptors (Lipinski definition) is 3. The lowest BCUT2D eigenvalue weighted by atomic mass is 10.2. The van der Waals surface area contributed by atoms with Gasteiger partial charge in [0, 0.05) is 10.6 Å². The molecule has 112 valence electrons. The molecular weight excluding hydrogens is 323 g/mol. The van der Waals surface area contributed by atoms with Gasteiger partial charge < -0.3 is 10.9 Å². The van der Waals surface area contributed by atoms with Crippen LogP contribution >= 0.6 is 23.2 Å². The molecule has 0 unspecified atom stereocenters. The highest BCUT2D eigenvalue weighted by Crippen LogP contribution is 2.33. The van der Waals surface area contributed by atoms with E-state index in [0.717, 1.165) is 10.3 Å². The van der Waals surface area contributed by atoms with Crippen LogP contribution in [0.25, 0.3) is 11.0 Å². The monoisotopic (exact) mass is 334 g/mol. The van der Waals surface area contributed by atoms with Crippen LogP contribution < -0.4 is 5.73 Å². The summed E-state index contributed by atoms with van der Waals surface area (Å²) >= 11 is 12.3. The Hall–Kier alpha value is -2.24. The molecular formula is C15H12Cl2N4O. The molecule has 3 aromatic rings. The number of nitrogens with zero attached hydrogens (tertiary/aromatic N) is 3. The normalized spacial score (nSPS) is 12.0. The van der Waals surface area contributed by atoms with Gasteiger partial charge in [-0.15, -0.1) is 4.73 Å². The van der Waals surface area contributed by atoms with Crippen molar-refractivity contribution in [2.75, 3.05) is 0 Å². The number of hydrogen-bond donors (Lipinski definition) is 2. The Kier molecular flexibility index (Phi) is 3.68. The Labute approximate surface area is 136 Å². The summed E-state index contributed by atoms with van der Waals surface area (Å²) in [6.45, 7) is 1.78. The summed E-state index contributed by atoms with van der Waals surface area (Å²) in [5.41, 5.74) is 8.17. The maximum absolute atomic E-state index is 10.2. The van der Waals surface area contributed by atoms with Gasteiger partial charge in [0.25, 0.3) is 5.95 Å². The standard InChI is InChI=1S/C15H12Cl2N4O/c1-8-10(16)7-11-13(12(8)17)19-15(21(11)22)20-14(18)9-5-3-2-4-6-9/h2-7,22H,1H3,(H2,18,19,20). The molecule has 3 N–H and O–H groups in total. The molecule has 0 bridgehead atoms. The third-order valence-corrected chi connectivity index (χ3v) is 4.18. The predicted octanol–water partition coefficient (Wildman–Crippen LogP) is 3.93. The van der Waals surface area contributed by atoms with Crippen molar-refractivity contribution in [1.29, 1.82) is 0 Å². The third-order valence-electron chi connectivity index (χ3n) is 3.32. The van der Waals surface area contributed by atoms with E-state index in [9.17, 15) is 5.21 Å². The Morgan fingerprint density at radius 2 is 1.95 bits per heavy atom. The van der Waals surface area contributed by atoms with Gasteiger partial charge in [0.15, 0.2) is 0 Å². The van der Waals surface area contributed by atoms with Crippen molar-refractivity contribution in [2.45, 2.75) is 6.92 Å². The first-order valence-corrected chi connectivity index (χ1v) is 7.20. The summed E-state index contributed by atoms with van der Waals surface area (Å²) in [4.78, 5) is 8.40. The summed E-state index contributed by atoms with van der Waals surface area (Å²) < 4.78 is 0.822. The molecule has 1 aromatic heterocycles. The molecule has 5 nitrogen and oxygen atoms in total. The van der Waals surface area contributed by atoms with Crippen molar-refractivity contribution >= 4 is 46.0 Å². The van der Waals surface area contributed by atoms with E-state index in [1.54, 1.807) is 13.0 Å². The number of halogens is 2. The Morgan fingerprint density at radius 3 is 2.64 bits per heavy atom. The van der Waals surface area contributed by atoms with E-state index in [1.165, 1.54) is 0 Å². The van der Waals surface area contributed by atoms with Gasteiger partial charge in [-0.3, -0.25) is 0 Å². The van der Waals surface area contributed by atoms with Gasteiger partial charge in [-0.2, -0.15) is 4.99 Å². The average Bonchev–Trinajstić information content (AvgIpc) is 2.83. The zero-order valence-electron chi connectivity index (χ0n) is 11.6. The van der Waals surface area contributed by atoms with Crippen LogP contribution in [0.15, 0.2) is 41.4 Å². The number of aliphatic imine (C=N–C) groups is 1. The smallest absolute Gasteiger partial charge is 0.266 e. The minimum absolute atomic E-state index is 0.0416. The van der Waals surface area contributed by atoms with E-state index < -0.39 is 0 Å².